The molecule has 19 heavy (non-hydrogen) atoms. The van der Waals surface area contributed by atoms with Gasteiger partial charge >= 0.3 is 0 Å². The van der Waals surface area contributed by atoms with Crippen molar-refractivity contribution >= 4 is 23.2 Å². The van der Waals surface area contributed by atoms with Crippen LogP contribution >= 0.6 is 23.2 Å². The van der Waals surface area contributed by atoms with E-state index in [9.17, 15) is 5.11 Å². The highest BCUT2D eigenvalue weighted by atomic mass is 35.5. The summed E-state index contributed by atoms with van der Waals surface area (Å²) in [5, 5.41) is 14.9. The number of hydrogen-bond donors (Lipinski definition) is 2. The van der Waals surface area contributed by atoms with Gasteiger partial charge in [0.25, 0.3) is 0 Å². The minimum Gasteiger partial charge on any atom is -0.386 e. The molecule has 1 aliphatic rings. The van der Waals surface area contributed by atoms with E-state index in [1.54, 1.807) is 18.2 Å². The molecular weight excluding hydrogens is 281 g/mol. The molecule has 0 saturated heterocycles. The third-order valence-corrected chi connectivity index (χ3v) is 3.88. The van der Waals surface area contributed by atoms with Gasteiger partial charge in [-0.15, -0.1) is 0 Å². The molecule has 2 atom stereocenters. The van der Waals surface area contributed by atoms with Crippen molar-refractivity contribution in [2.75, 3.05) is 0 Å². The third-order valence-electron chi connectivity index (χ3n) is 3.44. The van der Waals surface area contributed by atoms with Crippen molar-refractivity contribution in [3.05, 3.63) is 69.2 Å². The normalized spacial score (nSPS) is 19.2. The first-order valence-corrected chi connectivity index (χ1v) is 6.86. The number of benzene rings is 2. The molecule has 2 aromatic rings. The average molecular weight is 294 g/mol. The molecule has 0 spiro atoms. The summed E-state index contributed by atoms with van der Waals surface area (Å²) in [7, 11) is 0. The molecule has 2 nitrogen and oxygen atoms in total. The Bertz CT molecular complexity index is 595. The summed E-state index contributed by atoms with van der Waals surface area (Å²) in [6.45, 7) is 0.770. The molecule has 4 heteroatoms. The zero-order chi connectivity index (χ0) is 13.4. The molecule has 2 N–H and O–H groups in total. The number of fused-ring (bicyclic) bond motifs is 1. The second-order valence-electron chi connectivity index (χ2n) is 4.71. The van der Waals surface area contributed by atoms with Crippen LogP contribution in [0.1, 0.15) is 28.8 Å². The van der Waals surface area contributed by atoms with Gasteiger partial charge in [0.15, 0.2) is 0 Å². The molecular formula is C15H13Cl2NO. The monoisotopic (exact) mass is 293 g/mol. The van der Waals surface area contributed by atoms with Crippen LogP contribution < -0.4 is 5.32 Å². The highest BCUT2D eigenvalue weighted by Gasteiger charge is 2.29. The Balaban J connectivity index is 1.95. The molecule has 0 aliphatic carbocycles. The fraction of sp³-hybridized carbons (Fsp3) is 0.200. The number of hydrogen-bond acceptors (Lipinski definition) is 2. The predicted molar refractivity (Wildman–Crippen MR) is 77.4 cm³/mol. The van der Waals surface area contributed by atoms with Gasteiger partial charge in [0, 0.05) is 16.6 Å². The summed E-state index contributed by atoms with van der Waals surface area (Å²) in [5.74, 6) is 0. The Morgan fingerprint density at radius 3 is 2.53 bits per heavy atom. The zero-order valence-corrected chi connectivity index (χ0v) is 11.6. The zero-order valence-electron chi connectivity index (χ0n) is 10.1. The van der Waals surface area contributed by atoms with Gasteiger partial charge in [0.05, 0.1) is 12.1 Å². The van der Waals surface area contributed by atoms with Gasteiger partial charge in [0.2, 0.25) is 0 Å². The molecule has 2 aromatic carbocycles. The van der Waals surface area contributed by atoms with E-state index < -0.39 is 6.10 Å². The predicted octanol–water partition coefficient (Wildman–Crippen LogP) is 3.87. The van der Waals surface area contributed by atoms with Crippen molar-refractivity contribution in [2.24, 2.45) is 0 Å². The smallest absolute Gasteiger partial charge is 0.0985 e. The topological polar surface area (TPSA) is 32.3 Å². The second-order valence-corrected chi connectivity index (χ2v) is 5.58. The van der Waals surface area contributed by atoms with Crippen LogP contribution in [0.2, 0.25) is 10.0 Å². The number of halogens is 2. The number of nitrogens with one attached hydrogen (secondary N) is 1. The summed E-state index contributed by atoms with van der Waals surface area (Å²) >= 11 is 12.0. The number of aliphatic hydroxyl groups excluding tert-OH is 1. The van der Waals surface area contributed by atoms with Crippen molar-refractivity contribution in [1.82, 2.24) is 5.32 Å². The molecule has 0 amide bonds. The maximum absolute atomic E-state index is 10.5. The highest BCUT2D eigenvalue weighted by Crippen LogP contribution is 2.36. The van der Waals surface area contributed by atoms with E-state index in [1.165, 1.54) is 5.56 Å². The first-order chi connectivity index (χ1) is 9.15. The van der Waals surface area contributed by atoms with Crippen molar-refractivity contribution in [2.45, 2.75) is 18.7 Å². The van der Waals surface area contributed by atoms with Crippen LogP contribution in [-0.4, -0.2) is 5.11 Å². The molecule has 2 unspecified atom stereocenters. The van der Waals surface area contributed by atoms with Crippen molar-refractivity contribution in [3.8, 4) is 0 Å². The maximum Gasteiger partial charge on any atom is 0.0985 e. The van der Waals surface area contributed by atoms with Gasteiger partial charge < -0.3 is 10.4 Å². The molecule has 0 bridgehead atoms. The number of rotatable bonds is 2. The minimum absolute atomic E-state index is 0.120. The van der Waals surface area contributed by atoms with E-state index in [4.69, 9.17) is 23.2 Å². The van der Waals surface area contributed by atoms with Crippen LogP contribution in [0.4, 0.5) is 0 Å². The van der Waals surface area contributed by atoms with Gasteiger partial charge in [0.1, 0.15) is 0 Å². The molecule has 0 fully saturated rings. The van der Waals surface area contributed by atoms with E-state index >= 15 is 0 Å². The molecule has 0 aromatic heterocycles. The lowest BCUT2D eigenvalue weighted by Crippen LogP contribution is -2.20. The molecule has 98 valence electrons. The lowest BCUT2D eigenvalue weighted by molar-refractivity contribution is 0.133. The molecule has 0 radical (unpaired) electrons. The third kappa shape index (κ3) is 2.49. The van der Waals surface area contributed by atoms with Crippen molar-refractivity contribution in [3.63, 3.8) is 0 Å². The fourth-order valence-corrected chi connectivity index (χ4v) is 3.09. The van der Waals surface area contributed by atoms with E-state index in [1.807, 2.05) is 18.2 Å². The average Bonchev–Trinajstić information content (AvgIpc) is 2.80. The van der Waals surface area contributed by atoms with Gasteiger partial charge in [-0.25, -0.2) is 0 Å². The molecule has 3 rings (SSSR count). The van der Waals surface area contributed by atoms with E-state index in [0.717, 1.165) is 17.7 Å². The van der Waals surface area contributed by atoms with Crippen LogP contribution in [0.5, 0.6) is 0 Å². The highest BCUT2D eigenvalue weighted by molar-refractivity contribution is 6.34. The summed E-state index contributed by atoms with van der Waals surface area (Å²) in [5.41, 5.74) is 3.08. The second kappa shape index (κ2) is 5.14. The number of aliphatic hydroxyl groups is 1. The van der Waals surface area contributed by atoms with Gasteiger partial charge in [-0.2, -0.15) is 0 Å². The first-order valence-electron chi connectivity index (χ1n) is 6.10. The maximum atomic E-state index is 10.5. The van der Waals surface area contributed by atoms with Gasteiger partial charge in [-0.3, -0.25) is 0 Å². The van der Waals surface area contributed by atoms with Crippen LogP contribution in [0.3, 0.4) is 0 Å². The standard InChI is InChI=1S/C15H13Cl2NO/c16-11-5-10(6-12(17)7-11)15(19)14-13-4-2-1-3-9(13)8-18-14/h1-7,14-15,18-19H,8H2. The largest absolute Gasteiger partial charge is 0.386 e. The Morgan fingerprint density at radius 1 is 1.11 bits per heavy atom. The van der Waals surface area contributed by atoms with Crippen LogP contribution in [0, 0.1) is 0 Å². The first kappa shape index (κ1) is 12.9. The van der Waals surface area contributed by atoms with E-state index in [2.05, 4.69) is 11.4 Å². The van der Waals surface area contributed by atoms with Crippen molar-refractivity contribution in [1.29, 1.82) is 0 Å². The molecule has 1 aliphatic heterocycles. The summed E-state index contributed by atoms with van der Waals surface area (Å²) in [6.07, 6.45) is -0.667. The Morgan fingerprint density at radius 2 is 1.79 bits per heavy atom. The van der Waals surface area contributed by atoms with E-state index in [0.29, 0.717) is 10.0 Å². The van der Waals surface area contributed by atoms with Crippen LogP contribution in [-0.2, 0) is 6.54 Å². The van der Waals surface area contributed by atoms with Gasteiger partial charge in [-0.1, -0.05) is 47.5 Å². The Labute approximate surface area is 122 Å². The lowest BCUT2D eigenvalue weighted by atomic mass is 9.96. The summed E-state index contributed by atoms with van der Waals surface area (Å²) in [4.78, 5) is 0. The van der Waals surface area contributed by atoms with E-state index in [-0.39, 0.29) is 6.04 Å². The SMILES string of the molecule is OC(c1cc(Cl)cc(Cl)c1)C1NCc2ccccc21. The van der Waals surface area contributed by atoms with Crippen molar-refractivity contribution < 1.29 is 5.11 Å². The lowest BCUT2D eigenvalue weighted by Gasteiger charge is -2.20. The Hall–Kier alpha value is -1.06. The molecule has 1 heterocycles. The fourth-order valence-electron chi connectivity index (χ4n) is 2.55. The Kier molecular flexibility index (Phi) is 3.50. The van der Waals surface area contributed by atoms with Gasteiger partial charge in [-0.05, 0) is 34.9 Å². The minimum atomic E-state index is -0.667. The quantitative estimate of drug-likeness (QED) is 0.881. The summed E-state index contributed by atoms with van der Waals surface area (Å²) in [6, 6.07) is 13.1. The summed E-state index contributed by atoms with van der Waals surface area (Å²) < 4.78 is 0. The van der Waals surface area contributed by atoms with Crippen LogP contribution in [0.15, 0.2) is 42.5 Å². The van der Waals surface area contributed by atoms with Crippen LogP contribution in [0.25, 0.3) is 0 Å². The molecule has 0 saturated carbocycles.